The summed E-state index contributed by atoms with van der Waals surface area (Å²) in [5, 5.41) is 3.13. The number of imidazole rings is 1. The van der Waals surface area contributed by atoms with Crippen LogP contribution < -0.4 is 20.7 Å². The highest BCUT2D eigenvalue weighted by Gasteiger charge is 2.22. The van der Waals surface area contributed by atoms with Gasteiger partial charge in [0, 0.05) is 25.0 Å². The smallest absolute Gasteiger partial charge is 0.276 e. The highest BCUT2D eigenvalue weighted by atomic mass is 35.5. The molecular weight excluding hydrogens is 496 g/mol. The number of halogens is 1. The number of benzene rings is 2. The van der Waals surface area contributed by atoms with Crippen LogP contribution in [0.1, 0.15) is 50.6 Å². The number of nitrogens with zero attached hydrogens (tertiary/aromatic N) is 3. The lowest BCUT2D eigenvalue weighted by Gasteiger charge is -2.26. The number of primary amides is 1. The van der Waals surface area contributed by atoms with E-state index in [1.165, 1.54) is 30.5 Å². The number of nitrogens with two attached hydrogens (primary N) is 1. The summed E-state index contributed by atoms with van der Waals surface area (Å²) in [5.74, 6) is -1.08. The molecule has 0 saturated carbocycles. The van der Waals surface area contributed by atoms with Crippen molar-refractivity contribution in [2.75, 3.05) is 43.5 Å². The molecular formula is C26H29ClN6O4. The minimum Gasteiger partial charge on any atom is -0.492 e. The van der Waals surface area contributed by atoms with Gasteiger partial charge in [-0.3, -0.25) is 19.3 Å². The average Bonchev–Trinajstić information content (AvgIpc) is 3.40. The molecule has 1 saturated heterocycles. The molecule has 1 fully saturated rings. The molecule has 11 heteroatoms. The predicted octanol–water partition coefficient (Wildman–Crippen LogP) is 3.56. The number of nitrogens with one attached hydrogen (secondary N) is 2. The van der Waals surface area contributed by atoms with Crippen molar-refractivity contribution in [3.8, 4) is 5.75 Å². The van der Waals surface area contributed by atoms with Crippen LogP contribution in [-0.2, 0) is 0 Å². The summed E-state index contributed by atoms with van der Waals surface area (Å²) in [7, 11) is 1.55. The Morgan fingerprint density at radius 3 is 2.57 bits per heavy atom. The van der Waals surface area contributed by atoms with Gasteiger partial charge < -0.3 is 25.7 Å². The minimum absolute atomic E-state index is 0.0000466. The van der Waals surface area contributed by atoms with Crippen molar-refractivity contribution in [1.82, 2.24) is 14.9 Å². The van der Waals surface area contributed by atoms with E-state index in [4.69, 9.17) is 22.1 Å². The number of hydrogen-bond acceptors (Lipinski definition) is 6. The van der Waals surface area contributed by atoms with E-state index in [2.05, 4.69) is 20.2 Å². The Hall–Kier alpha value is -3.89. The maximum absolute atomic E-state index is 12.9. The summed E-state index contributed by atoms with van der Waals surface area (Å²) >= 11 is 6.29. The van der Waals surface area contributed by atoms with Crippen LogP contribution in [0.3, 0.4) is 0 Å². The first kappa shape index (κ1) is 26.2. The fraction of sp³-hybridized carbons (Fsp3) is 0.308. The van der Waals surface area contributed by atoms with Crippen LogP contribution in [-0.4, -0.2) is 65.9 Å². The Balaban J connectivity index is 1.37. The fourth-order valence-corrected chi connectivity index (χ4v) is 4.34. The lowest BCUT2D eigenvalue weighted by atomic mass is 10.1. The summed E-state index contributed by atoms with van der Waals surface area (Å²) in [6, 6.07) is 11.7. The Morgan fingerprint density at radius 1 is 1.14 bits per heavy atom. The van der Waals surface area contributed by atoms with Gasteiger partial charge in [-0.15, -0.1) is 0 Å². The standard InChI is InChI=1S/C26H29ClN6O4/c1-32(26(36)23-22(24(28)34)29-16-30-23)18-7-5-17(6-8-18)31-25(35)20-15-19(9-10-21(20)27)37-14-13-33-11-3-2-4-12-33/h5-10,15-16H,2-4,11-14H2,1H3,(H2,28,34)(H,29,30)(H,31,35). The number of hydrogen-bond donors (Lipinski definition) is 3. The van der Waals surface area contributed by atoms with Gasteiger partial charge >= 0.3 is 0 Å². The zero-order valence-electron chi connectivity index (χ0n) is 20.5. The second-order valence-electron chi connectivity index (χ2n) is 8.75. The lowest BCUT2D eigenvalue weighted by molar-refractivity contribution is 0.0958. The van der Waals surface area contributed by atoms with Crippen LogP contribution in [0.15, 0.2) is 48.8 Å². The lowest BCUT2D eigenvalue weighted by Crippen LogP contribution is -2.33. The zero-order chi connectivity index (χ0) is 26.4. The highest BCUT2D eigenvalue weighted by molar-refractivity contribution is 6.34. The van der Waals surface area contributed by atoms with Gasteiger partial charge in [-0.1, -0.05) is 18.0 Å². The third-order valence-corrected chi connectivity index (χ3v) is 6.54. The van der Waals surface area contributed by atoms with Gasteiger partial charge in [0.1, 0.15) is 18.1 Å². The second-order valence-corrected chi connectivity index (χ2v) is 9.16. The third-order valence-electron chi connectivity index (χ3n) is 6.21. The molecule has 3 aromatic rings. The SMILES string of the molecule is CN(C(=O)c1[nH]cnc1C(N)=O)c1ccc(NC(=O)c2cc(OCCN3CCCCC3)ccc2Cl)cc1. The molecule has 0 aliphatic carbocycles. The Kier molecular flexibility index (Phi) is 8.42. The van der Waals surface area contributed by atoms with Crippen molar-refractivity contribution >= 4 is 40.7 Å². The molecule has 2 heterocycles. The van der Waals surface area contributed by atoms with Gasteiger partial charge in [-0.25, -0.2) is 4.98 Å². The van der Waals surface area contributed by atoms with Crippen molar-refractivity contribution in [2.24, 2.45) is 5.73 Å². The number of ether oxygens (including phenoxy) is 1. The van der Waals surface area contributed by atoms with Crippen LogP contribution in [0.2, 0.25) is 5.02 Å². The largest absolute Gasteiger partial charge is 0.492 e. The summed E-state index contributed by atoms with van der Waals surface area (Å²) in [6.07, 6.45) is 4.96. The van der Waals surface area contributed by atoms with Crippen LogP contribution in [0.25, 0.3) is 0 Å². The first-order valence-corrected chi connectivity index (χ1v) is 12.4. The maximum atomic E-state index is 12.9. The van der Waals surface area contributed by atoms with E-state index in [0.29, 0.717) is 34.3 Å². The molecule has 0 radical (unpaired) electrons. The van der Waals surface area contributed by atoms with Gasteiger partial charge in [-0.2, -0.15) is 0 Å². The average molecular weight is 525 g/mol. The van der Waals surface area contributed by atoms with Gasteiger partial charge in [0.05, 0.1) is 16.9 Å². The van der Waals surface area contributed by atoms with Crippen LogP contribution in [0, 0.1) is 0 Å². The molecule has 1 aromatic heterocycles. The van der Waals surface area contributed by atoms with Crippen molar-refractivity contribution < 1.29 is 19.1 Å². The molecule has 10 nitrogen and oxygen atoms in total. The molecule has 4 N–H and O–H groups in total. The summed E-state index contributed by atoms with van der Waals surface area (Å²) < 4.78 is 5.87. The van der Waals surface area contributed by atoms with E-state index < -0.39 is 11.8 Å². The number of carbonyl (C=O) groups is 3. The zero-order valence-corrected chi connectivity index (χ0v) is 21.3. The first-order valence-electron chi connectivity index (χ1n) is 12.0. The number of rotatable bonds is 9. The molecule has 3 amide bonds. The van der Waals surface area contributed by atoms with E-state index >= 15 is 0 Å². The fourth-order valence-electron chi connectivity index (χ4n) is 4.14. The van der Waals surface area contributed by atoms with Crippen molar-refractivity contribution in [3.63, 3.8) is 0 Å². The molecule has 37 heavy (non-hydrogen) atoms. The minimum atomic E-state index is -0.800. The number of H-pyrrole nitrogens is 1. The van der Waals surface area contributed by atoms with Gasteiger partial charge in [0.25, 0.3) is 17.7 Å². The van der Waals surface area contributed by atoms with Crippen molar-refractivity contribution in [1.29, 1.82) is 0 Å². The molecule has 194 valence electrons. The molecule has 1 aliphatic rings. The Bertz CT molecular complexity index is 1270. The van der Waals surface area contributed by atoms with Crippen LogP contribution >= 0.6 is 11.6 Å². The van der Waals surface area contributed by atoms with E-state index in [1.54, 1.807) is 49.5 Å². The summed E-state index contributed by atoms with van der Waals surface area (Å²) in [5.41, 5.74) is 6.49. The monoisotopic (exact) mass is 524 g/mol. The number of aromatic amines is 1. The van der Waals surface area contributed by atoms with Gasteiger partial charge in [-0.05, 0) is 68.4 Å². The van der Waals surface area contributed by atoms with E-state index in [0.717, 1.165) is 19.6 Å². The number of amides is 3. The molecule has 4 rings (SSSR count). The summed E-state index contributed by atoms with van der Waals surface area (Å²) in [6.45, 7) is 3.57. The van der Waals surface area contributed by atoms with E-state index in [-0.39, 0.29) is 17.3 Å². The normalized spacial score (nSPS) is 13.7. The molecule has 0 unspecified atom stereocenters. The first-order chi connectivity index (χ1) is 17.8. The van der Waals surface area contributed by atoms with Crippen LogP contribution in [0.5, 0.6) is 5.75 Å². The second kappa shape index (κ2) is 11.9. The Labute approximate surface area is 219 Å². The molecule has 2 aromatic carbocycles. The number of aromatic nitrogens is 2. The molecule has 0 spiro atoms. The van der Waals surface area contributed by atoms with Gasteiger partial charge in [0.2, 0.25) is 0 Å². The number of piperidine rings is 1. The number of anilines is 2. The quantitative estimate of drug-likeness (QED) is 0.392. The topological polar surface area (TPSA) is 134 Å². The van der Waals surface area contributed by atoms with Crippen LogP contribution in [0.4, 0.5) is 11.4 Å². The Morgan fingerprint density at radius 2 is 1.86 bits per heavy atom. The number of carbonyl (C=O) groups excluding carboxylic acids is 3. The van der Waals surface area contributed by atoms with Crippen molar-refractivity contribution in [3.05, 3.63) is 70.8 Å². The summed E-state index contributed by atoms with van der Waals surface area (Å²) in [4.78, 5) is 47.3. The van der Waals surface area contributed by atoms with Gasteiger partial charge in [0.15, 0.2) is 5.69 Å². The maximum Gasteiger partial charge on any atom is 0.276 e. The van der Waals surface area contributed by atoms with Crippen molar-refractivity contribution in [2.45, 2.75) is 19.3 Å². The molecule has 1 aliphatic heterocycles. The molecule has 0 bridgehead atoms. The van der Waals surface area contributed by atoms with E-state index in [1.807, 2.05) is 0 Å². The van der Waals surface area contributed by atoms with E-state index in [9.17, 15) is 14.4 Å². The predicted molar refractivity (Wildman–Crippen MR) is 141 cm³/mol. The third kappa shape index (κ3) is 6.46. The highest BCUT2D eigenvalue weighted by Crippen LogP contribution is 2.25. The molecule has 0 atom stereocenters. The number of likely N-dealkylation sites (tertiary alicyclic amines) is 1.